The molecular formula is C11H14N2O5S. The van der Waals surface area contributed by atoms with Gasteiger partial charge >= 0.3 is 5.69 Å². The van der Waals surface area contributed by atoms with Gasteiger partial charge in [0.2, 0.25) is 0 Å². The summed E-state index contributed by atoms with van der Waals surface area (Å²) < 4.78 is 1.13. The largest absolute Gasteiger partial charge is 0.395 e. The van der Waals surface area contributed by atoms with Crippen molar-refractivity contribution in [2.24, 2.45) is 0 Å². The molecule has 104 valence electrons. The highest BCUT2D eigenvalue weighted by Crippen LogP contribution is 2.40. The maximum Gasteiger partial charge on any atom is 0.329 e. The molecular weight excluding hydrogens is 272 g/mol. The molecule has 1 fully saturated rings. The molecule has 0 spiro atoms. The molecule has 0 aromatic carbocycles. The van der Waals surface area contributed by atoms with Crippen molar-refractivity contribution >= 4 is 17.8 Å². The van der Waals surface area contributed by atoms with Gasteiger partial charge in [-0.15, -0.1) is 11.8 Å². The third kappa shape index (κ3) is 2.39. The summed E-state index contributed by atoms with van der Waals surface area (Å²) in [5.41, 5.74) is -1.06. The number of hydrogen-bond acceptors (Lipinski definition) is 6. The lowest BCUT2D eigenvalue weighted by atomic mass is 10.1. The first kappa shape index (κ1) is 14.1. The molecule has 0 bridgehead atoms. The van der Waals surface area contributed by atoms with Gasteiger partial charge in [0.15, 0.2) is 0 Å². The summed E-state index contributed by atoms with van der Waals surface area (Å²) in [4.78, 5) is 25.3. The van der Waals surface area contributed by atoms with E-state index in [0.29, 0.717) is 0 Å². The van der Waals surface area contributed by atoms with Crippen LogP contribution in [-0.4, -0.2) is 48.9 Å². The van der Waals surface area contributed by atoms with Crippen molar-refractivity contribution in [2.45, 2.75) is 22.8 Å². The zero-order valence-corrected chi connectivity index (χ0v) is 10.7. The van der Waals surface area contributed by atoms with E-state index in [2.05, 4.69) is 11.6 Å². The molecule has 2 heterocycles. The van der Waals surface area contributed by atoms with Crippen molar-refractivity contribution in [1.29, 1.82) is 0 Å². The molecule has 0 amide bonds. The normalized spacial score (nSPS) is 30.5. The fraction of sp³-hybridized carbons (Fsp3) is 0.455. The van der Waals surface area contributed by atoms with Gasteiger partial charge < -0.3 is 15.3 Å². The van der Waals surface area contributed by atoms with Gasteiger partial charge in [0.05, 0.1) is 23.5 Å². The van der Waals surface area contributed by atoms with Crippen LogP contribution in [0.15, 0.2) is 22.4 Å². The maximum atomic E-state index is 11.7. The molecule has 1 saturated heterocycles. The number of nitrogens with one attached hydrogen (secondary N) is 1. The molecule has 0 aliphatic carbocycles. The van der Waals surface area contributed by atoms with Gasteiger partial charge in [-0.25, -0.2) is 4.79 Å². The highest BCUT2D eigenvalue weighted by atomic mass is 32.2. The number of H-pyrrole nitrogens is 1. The number of aliphatic hydroxyl groups excluding tert-OH is 3. The molecule has 0 unspecified atom stereocenters. The second-order valence-electron chi connectivity index (χ2n) is 4.18. The number of thioether (sulfide) groups is 1. The molecule has 0 radical (unpaired) electrons. The van der Waals surface area contributed by atoms with E-state index in [1.54, 1.807) is 0 Å². The van der Waals surface area contributed by atoms with E-state index >= 15 is 0 Å². The molecule has 1 aliphatic rings. The highest BCUT2D eigenvalue weighted by Gasteiger charge is 2.43. The molecule has 19 heavy (non-hydrogen) atoms. The Morgan fingerprint density at radius 1 is 1.42 bits per heavy atom. The summed E-state index contributed by atoms with van der Waals surface area (Å²) in [6, 6.07) is 0. The standard InChI is InChI=1S/C11H14N2O5S/c1-2-5-3-13(11(18)12-9(5)17)10-8(16)7(15)6(4-14)19-10/h2-3,6-8,10,14-16H,1,4H2,(H,12,17,18)/t6-,7-,8+,10-/m1/s1. The number of aromatic amines is 1. The van der Waals surface area contributed by atoms with Crippen LogP contribution in [0, 0.1) is 0 Å². The summed E-state index contributed by atoms with van der Waals surface area (Å²) in [5.74, 6) is 0. The third-order valence-corrected chi connectivity index (χ3v) is 4.57. The number of rotatable bonds is 3. The predicted molar refractivity (Wildman–Crippen MR) is 70.9 cm³/mol. The molecule has 7 nitrogen and oxygen atoms in total. The molecule has 4 N–H and O–H groups in total. The van der Waals surface area contributed by atoms with Crippen LogP contribution in [0.2, 0.25) is 0 Å². The van der Waals surface area contributed by atoms with Gasteiger partial charge in [0.1, 0.15) is 11.5 Å². The van der Waals surface area contributed by atoms with E-state index in [0.717, 1.165) is 16.3 Å². The van der Waals surface area contributed by atoms with E-state index in [1.165, 1.54) is 12.3 Å². The van der Waals surface area contributed by atoms with Crippen molar-refractivity contribution in [3.8, 4) is 0 Å². The van der Waals surface area contributed by atoms with Crippen LogP contribution in [0.1, 0.15) is 10.9 Å². The van der Waals surface area contributed by atoms with Crippen LogP contribution in [0.4, 0.5) is 0 Å². The smallest absolute Gasteiger partial charge is 0.329 e. The maximum absolute atomic E-state index is 11.7. The summed E-state index contributed by atoms with van der Waals surface area (Å²) in [7, 11) is 0. The molecule has 1 aromatic heterocycles. The topological polar surface area (TPSA) is 116 Å². The second kappa shape index (κ2) is 5.33. The Morgan fingerprint density at radius 3 is 2.63 bits per heavy atom. The average Bonchev–Trinajstić information content (AvgIpc) is 2.67. The number of aromatic nitrogens is 2. The van der Waals surface area contributed by atoms with Gasteiger partial charge in [0, 0.05) is 6.20 Å². The highest BCUT2D eigenvalue weighted by molar-refractivity contribution is 8.00. The number of aliphatic hydroxyl groups is 3. The summed E-state index contributed by atoms with van der Waals surface area (Å²) in [6.07, 6.45) is 0.233. The van der Waals surface area contributed by atoms with Crippen LogP contribution >= 0.6 is 11.8 Å². The number of hydrogen-bond donors (Lipinski definition) is 4. The van der Waals surface area contributed by atoms with Crippen LogP contribution in [0.25, 0.3) is 6.08 Å². The molecule has 2 rings (SSSR count). The van der Waals surface area contributed by atoms with Crippen molar-refractivity contribution < 1.29 is 15.3 Å². The van der Waals surface area contributed by atoms with E-state index in [4.69, 9.17) is 5.11 Å². The van der Waals surface area contributed by atoms with Crippen molar-refractivity contribution in [3.05, 3.63) is 39.2 Å². The quantitative estimate of drug-likeness (QED) is 0.538. The Morgan fingerprint density at radius 2 is 2.11 bits per heavy atom. The third-order valence-electron chi connectivity index (χ3n) is 3.01. The van der Waals surface area contributed by atoms with E-state index < -0.39 is 34.1 Å². The minimum atomic E-state index is -1.21. The fourth-order valence-electron chi connectivity index (χ4n) is 1.95. The van der Waals surface area contributed by atoms with Crippen molar-refractivity contribution in [2.75, 3.05) is 6.61 Å². The molecule has 8 heteroatoms. The monoisotopic (exact) mass is 286 g/mol. The van der Waals surface area contributed by atoms with E-state index in [9.17, 15) is 19.8 Å². The van der Waals surface area contributed by atoms with Crippen LogP contribution in [0.3, 0.4) is 0 Å². The first-order valence-electron chi connectivity index (χ1n) is 5.60. The van der Waals surface area contributed by atoms with E-state index in [-0.39, 0.29) is 12.2 Å². The minimum absolute atomic E-state index is 0.189. The van der Waals surface area contributed by atoms with E-state index in [1.807, 2.05) is 0 Å². The Kier molecular flexibility index (Phi) is 3.95. The summed E-state index contributed by atoms with van der Waals surface area (Å²) in [5, 5.41) is 27.4. The molecule has 4 atom stereocenters. The molecule has 1 aromatic rings. The van der Waals surface area contributed by atoms with Gasteiger partial charge in [0.25, 0.3) is 5.56 Å². The summed E-state index contributed by atoms with van der Waals surface area (Å²) >= 11 is 1.08. The molecule has 0 saturated carbocycles. The SMILES string of the molecule is C=Cc1cn([C@@H]2S[C@H](CO)[C@@H](O)[C@@H]2O)c(=O)[nH]c1=O. The van der Waals surface area contributed by atoms with Crippen molar-refractivity contribution in [1.82, 2.24) is 9.55 Å². The van der Waals surface area contributed by atoms with Gasteiger partial charge in [-0.05, 0) is 0 Å². The zero-order valence-electron chi connectivity index (χ0n) is 9.89. The summed E-state index contributed by atoms with van der Waals surface area (Å²) in [6.45, 7) is 3.15. The Balaban J connectivity index is 2.46. The zero-order chi connectivity index (χ0) is 14.2. The Labute approximate surface area is 112 Å². The lowest BCUT2D eigenvalue weighted by Gasteiger charge is -2.17. The van der Waals surface area contributed by atoms with Gasteiger partial charge in [-0.2, -0.15) is 0 Å². The fourth-order valence-corrected chi connectivity index (χ4v) is 3.32. The molecule has 1 aliphatic heterocycles. The minimum Gasteiger partial charge on any atom is -0.395 e. The first-order chi connectivity index (χ1) is 8.99. The van der Waals surface area contributed by atoms with Gasteiger partial charge in [-0.1, -0.05) is 12.7 Å². The average molecular weight is 286 g/mol. The Bertz CT molecular complexity index is 595. The predicted octanol–water partition coefficient (Wildman–Crippen LogP) is -1.49. The first-order valence-corrected chi connectivity index (χ1v) is 6.54. The van der Waals surface area contributed by atoms with Crippen LogP contribution in [-0.2, 0) is 0 Å². The van der Waals surface area contributed by atoms with Crippen LogP contribution < -0.4 is 11.2 Å². The lowest BCUT2D eigenvalue weighted by Crippen LogP contribution is -2.38. The lowest BCUT2D eigenvalue weighted by molar-refractivity contribution is 0.0101. The second-order valence-corrected chi connectivity index (χ2v) is 5.54. The van der Waals surface area contributed by atoms with Crippen molar-refractivity contribution in [3.63, 3.8) is 0 Å². The van der Waals surface area contributed by atoms with Gasteiger partial charge in [-0.3, -0.25) is 14.3 Å². The Hall–Kier alpha value is -1.35. The number of nitrogens with zero attached hydrogens (tertiary/aromatic N) is 1. The van der Waals surface area contributed by atoms with Crippen LogP contribution in [0.5, 0.6) is 0 Å².